The number of thiophene rings is 1. The number of furan rings is 1. The van der Waals surface area contributed by atoms with E-state index >= 15 is 0 Å². The number of nitrogens with zero attached hydrogens (tertiary/aromatic N) is 1. The quantitative estimate of drug-likeness (QED) is 0.186. The Kier molecular flexibility index (Phi) is 6.39. The lowest BCUT2D eigenvalue weighted by atomic mass is 10.0. The first-order chi connectivity index (χ1) is 24.2. The normalized spacial score (nSPS) is 11.7. The number of benzene rings is 8. The Bertz CT molecular complexity index is 2810. The molecule has 0 radical (unpaired) electrons. The Morgan fingerprint density at radius 1 is 0.347 bits per heavy atom. The van der Waals surface area contributed by atoms with Gasteiger partial charge in [0.2, 0.25) is 0 Å². The highest BCUT2D eigenvalue weighted by Crippen LogP contribution is 2.42. The van der Waals surface area contributed by atoms with E-state index in [1.54, 1.807) is 0 Å². The Morgan fingerprint density at radius 3 is 1.69 bits per heavy atom. The predicted molar refractivity (Wildman–Crippen MR) is 210 cm³/mol. The van der Waals surface area contributed by atoms with Crippen LogP contribution in [-0.4, -0.2) is 0 Å². The molecule has 10 aromatic rings. The number of hydrogen-bond acceptors (Lipinski definition) is 3. The summed E-state index contributed by atoms with van der Waals surface area (Å²) in [5.41, 5.74) is 9.95. The molecule has 0 fully saturated rings. The summed E-state index contributed by atoms with van der Waals surface area (Å²) in [6.07, 6.45) is 0. The summed E-state index contributed by atoms with van der Waals surface area (Å²) in [5.74, 6) is 0. The van der Waals surface area contributed by atoms with Crippen LogP contribution in [0.3, 0.4) is 0 Å². The maximum Gasteiger partial charge on any atom is 0.136 e. The lowest BCUT2D eigenvalue weighted by molar-refractivity contribution is 0.669. The molecule has 0 unspecified atom stereocenters. The molecule has 0 aliphatic rings. The molecular weight excluding hydrogens is 615 g/mol. The molecule has 3 heteroatoms. The van der Waals surface area contributed by atoms with Crippen molar-refractivity contribution in [2.45, 2.75) is 0 Å². The zero-order valence-corrected chi connectivity index (χ0v) is 27.3. The third kappa shape index (κ3) is 4.78. The number of fused-ring (bicyclic) bond motifs is 7. The van der Waals surface area contributed by atoms with E-state index in [-0.39, 0.29) is 0 Å². The summed E-state index contributed by atoms with van der Waals surface area (Å²) >= 11 is 1.85. The van der Waals surface area contributed by atoms with Crippen molar-refractivity contribution in [2.75, 3.05) is 4.90 Å². The summed E-state index contributed by atoms with van der Waals surface area (Å²) < 4.78 is 8.88. The third-order valence-electron chi connectivity index (χ3n) is 9.65. The van der Waals surface area contributed by atoms with E-state index in [9.17, 15) is 0 Å². The van der Waals surface area contributed by atoms with Crippen molar-refractivity contribution < 1.29 is 4.42 Å². The van der Waals surface area contributed by atoms with Gasteiger partial charge in [0.1, 0.15) is 11.2 Å². The summed E-state index contributed by atoms with van der Waals surface area (Å²) in [4.78, 5) is 2.36. The highest BCUT2D eigenvalue weighted by Gasteiger charge is 2.16. The molecule has 230 valence electrons. The van der Waals surface area contributed by atoms with Crippen LogP contribution in [0.5, 0.6) is 0 Å². The minimum absolute atomic E-state index is 0.910. The summed E-state index contributed by atoms with van der Waals surface area (Å²) in [6, 6.07) is 63.3. The van der Waals surface area contributed by atoms with Gasteiger partial charge in [-0.25, -0.2) is 0 Å². The molecule has 10 rings (SSSR count). The molecule has 0 bridgehead atoms. The Hall–Kier alpha value is -6.16. The number of hydrogen-bond donors (Lipinski definition) is 0. The van der Waals surface area contributed by atoms with Gasteiger partial charge >= 0.3 is 0 Å². The molecule has 0 spiro atoms. The van der Waals surface area contributed by atoms with Gasteiger partial charge in [-0.2, -0.15) is 0 Å². The zero-order chi connectivity index (χ0) is 32.3. The maximum absolute atomic E-state index is 6.28. The molecule has 0 amide bonds. The van der Waals surface area contributed by atoms with Gasteiger partial charge < -0.3 is 9.32 Å². The van der Waals surface area contributed by atoms with E-state index in [2.05, 4.69) is 181 Å². The minimum Gasteiger partial charge on any atom is -0.456 e. The van der Waals surface area contributed by atoms with Crippen LogP contribution in [0, 0.1) is 0 Å². The second-order valence-electron chi connectivity index (χ2n) is 12.6. The molecule has 0 saturated heterocycles. The van der Waals surface area contributed by atoms with Crippen LogP contribution in [0.4, 0.5) is 17.1 Å². The fourth-order valence-corrected chi connectivity index (χ4v) is 8.32. The van der Waals surface area contributed by atoms with Crippen molar-refractivity contribution in [3.8, 4) is 22.3 Å². The highest BCUT2D eigenvalue weighted by atomic mass is 32.1. The van der Waals surface area contributed by atoms with Gasteiger partial charge in [-0.15, -0.1) is 11.3 Å². The predicted octanol–water partition coefficient (Wildman–Crippen LogP) is 13.9. The molecule has 49 heavy (non-hydrogen) atoms. The number of anilines is 3. The zero-order valence-electron chi connectivity index (χ0n) is 26.5. The second-order valence-corrected chi connectivity index (χ2v) is 13.7. The molecule has 2 nitrogen and oxygen atoms in total. The molecule has 8 aromatic carbocycles. The monoisotopic (exact) mass is 643 g/mol. The second kappa shape index (κ2) is 11.2. The molecule has 0 saturated carbocycles. The lowest BCUT2D eigenvalue weighted by Gasteiger charge is -2.26. The maximum atomic E-state index is 6.28. The molecule has 2 heterocycles. The van der Waals surface area contributed by atoms with E-state index < -0.39 is 0 Å². The van der Waals surface area contributed by atoms with Crippen molar-refractivity contribution in [1.29, 1.82) is 0 Å². The molecular formula is C46H29NOS. The fourth-order valence-electron chi connectivity index (χ4n) is 7.18. The van der Waals surface area contributed by atoms with Crippen molar-refractivity contribution in [3.63, 3.8) is 0 Å². The SMILES string of the molecule is c1ccc(-c2ccc(N(c3ccc(-c4ccc5oc6cc7ccccc7cc6c5c4)cc3)c3ccc4c(c3)sc3ccccc34)cc2)cc1. The average Bonchev–Trinajstić information content (AvgIpc) is 3.72. The van der Waals surface area contributed by atoms with Crippen LogP contribution in [0.25, 0.3) is 75.1 Å². The van der Waals surface area contributed by atoms with Gasteiger partial charge in [-0.05, 0) is 99.8 Å². The van der Waals surface area contributed by atoms with Crippen molar-refractivity contribution >= 4 is 81.3 Å². The minimum atomic E-state index is 0.910. The first-order valence-corrected chi connectivity index (χ1v) is 17.4. The lowest BCUT2D eigenvalue weighted by Crippen LogP contribution is -2.09. The van der Waals surface area contributed by atoms with Crippen LogP contribution < -0.4 is 4.90 Å². The van der Waals surface area contributed by atoms with Gasteiger partial charge in [0.15, 0.2) is 0 Å². The fraction of sp³-hybridized carbons (Fsp3) is 0. The topological polar surface area (TPSA) is 16.4 Å². The average molecular weight is 644 g/mol. The van der Waals surface area contributed by atoms with Crippen molar-refractivity contribution in [2.24, 2.45) is 0 Å². The van der Waals surface area contributed by atoms with Crippen LogP contribution >= 0.6 is 11.3 Å². The Balaban J connectivity index is 1.06. The van der Waals surface area contributed by atoms with Gasteiger partial charge in [0.25, 0.3) is 0 Å². The van der Waals surface area contributed by atoms with Crippen LogP contribution in [0.15, 0.2) is 180 Å². The molecule has 2 aromatic heterocycles. The van der Waals surface area contributed by atoms with Gasteiger partial charge in [-0.3, -0.25) is 0 Å². The van der Waals surface area contributed by atoms with E-state index in [0.29, 0.717) is 0 Å². The molecule has 0 aliphatic carbocycles. The molecule has 0 atom stereocenters. The first-order valence-electron chi connectivity index (χ1n) is 16.6. The van der Waals surface area contributed by atoms with E-state index in [1.807, 2.05) is 11.3 Å². The van der Waals surface area contributed by atoms with Gasteiger partial charge in [0, 0.05) is 48.0 Å². The summed E-state index contributed by atoms with van der Waals surface area (Å²) in [5, 5.41) is 7.31. The first kappa shape index (κ1) is 27.9. The molecule has 0 N–H and O–H groups in total. The largest absolute Gasteiger partial charge is 0.456 e. The highest BCUT2D eigenvalue weighted by molar-refractivity contribution is 7.25. The third-order valence-corrected chi connectivity index (χ3v) is 10.8. The van der Waals surface area contributed by atoms with Crippen molar-refractivity contribution in [1.82, 2.24) is 0 Å². The van der Waals surface area contributed by atoms with Crippen LogP contribution in [-0.2, 0) is 0 Å². The summed E-state index contributed by atoms with van der Waals surface area (Å²) in [6.45, 7) is 0. The van der Waals surface area contributed by atoms with E-state index in [0.717, 1.165) is 39.0 Å². The van der Waals surface area contributed by atoms with Gasteiger partial charge in [0.05, 0.1) is 0 Å². The Morgan fingerprint density at radius 2 is 0.918 bits per heavy atom. The van der Waals surface area contributed by atoms with E-state index in [1.165, 1.54) is 53.2 Å². The van der Waals surface area contributed by atoms with Crippen LogP contribution in [0.1, 0.15) is 0 Å². The van der Waals surface area contributed by atoms with Crippen molar-refractivity contribution in [3.05, 3.63) is 176 Å². The smallest absolute Gasteiger partial charge is 0.136 e. The van der Waals surface area contributed by atoms with Gasteiger partial charge in [-0.1, -0.05) is 109 Å². The van der Waals surface area contributed by atoms with E-state index in [4.69, 9.17) is 4.42 Å². The summed E-state index contributed by atoms with van der Waals surface area (Å²) in [7, 11) is 0. The number of rotatable bonds is 5. The standard InChI is InChI=1S/C46H29NOS/c1-2-8-30(9-3-1)31-14-19-36(20-15-31)47(38-23-24-40-39-12-6-7-13-45(39)49-46(40)29-38)37-21-16-32(17-22-37)35-18-25-43-41(27-35)42-26-33-10-4-5-11-34(33)28-44(42)48-43/h1-29H. The molecule has 0 aliphatic heterocycles. The van der Waals surface area contributed by atoms with Crippen LogP contribution in [0.2, 0.25) is 0 Å². The Labute approximate surface area is 287 Å².